The van der Waals surface area contributed by atoms with E-state index in [0.717, 1.165) is 6.26 Å². The molecule has 0 saturated carbocycles. The summed E-state index contributed by atoms with van der Waals surface area (Å²) in [5.74, 6) is -0.480. The van der Waals surface area contributed by atoms with Gasteiger partial charge < -0.3 is 4.90 Å². The Hall–Kier alpha value is -1.87. The standard InChI is InChI=1S/C13H16N2O3S/c1-10(8-14)9-15(2)13(16)11-4-6-12(7-5-11)19(3,17)18/h4-7,10H,9H2,1-3H3. The van der Waals surface area contributed by atoms with Crippen molar-refractivity contribution in [1.82, 2.24) is 4.90 Å². The highest BCUT2D eigenvalue weighted by molar-refractivity contribution is 7.90. The first-order valence-corrected chi connectivity index (χ1v) is 7.60. The average molecular weight is 280 g/mol. The Bertz CT molecular complexity index is 600. The van der Waals surface area contributed by atoms with Gasteiger partial charge in [-0.2, -0.15) is 5.26 Å². The van der Waals surface area contributed by atoms with Gasteiger partial charge in [0.2, 0.25) is 0 Å². The maximum Gasteiger partial charge on any atom is 0.253 e. The minimum Gasteiger partial charge on any atom is -0.340 e. The van der Waals surface area contributed by atoms with E-state index in [0.29, 0.717) is 12.1 Å². The van der Waals surface area contributed by atoms with Crippen molar-refractivity contribution in [2.24, 2.45) is 5.92 Å². The molecule has 1 atom stereocenters. The van der Waals surface area contributed by atoms with Crippen LogP contribution >= 0.6 is 0 Å². The van der Waals surface area contributed by atoms with E-state index >= 15 is 0 Å². The van der Waals surface area contributed by atoms with Gasteiger partial charge in [-0.3, -0.25) is 4.79 Å². The van der Waals surface area contributed by atoms with Crippen LogP contribution in [0.25, 0.3) is 0 Å². The zero-order valence-electron chi connectivity index (χ0n) is 11.1. The number of amides is 1. The van der Waals surface area contributed by atoms with Crippen LogP contribution in [0.1, 0.15) is 17.3 Å². The van der Waals surface area contributed by atoms with Crippen LogP contribution in [0.4, 0.5) is 0 Å². The Kier molecular flexibility index (Phi) is 4.67. The fourth-order valence-electron chi connectivity index (χ4n) is 1.60. The van der Waals surface area contributed by atoms with E-state index < -0.39 is 9.84 Å². The van der Waals surface area contributed by atoms with E-state index in [2.05, 4.69) is 6.07 Å². The zero-order chi connectivity index (χ0) is 14.6. The number of nitriles is 1. The molecule has 0 aliphatic carbocycles. The van der Waals surface area contributed by atoms with E-state index in [4.69, 9.17) is 5.26 Å². The smallest absolute Gasteiger partial charge is 0.253 e. The van der Waals surface area contributed by atoms with Crippen molar-refractivity contribution in [3.8, 4) is 6.07 Å². The van der Waals surface area contributed by atoms with Gasteiger partial charge in [-0.1, -0.05) is 0 Å². The van der Waals surface area contributed by atoms with Gasteiger partial charge in [0.25, 0.3) is 5.91 Å². The van der Waals surface area contributed by atoms with Gasteiger partial charge in [-0.15, -0.1) is 0 Å². The highest BCUT2D eigenvalue weighted by Gasteiger charge is 2.15. The van der Waals surface area contributed by atoms with E-state index in [1.807, 2.05) is 0 Å². The van der Waals surface area contributed by atoms with Gasteiger partial charge in [0.15, 0.2) is 9.84 Å². The third-order valence-electron chi connectivity index (χ3n) is 2.64. The van der Waals surface area contributed by atoms with Crippen LogP contribution in [0.3, 0.4) is 0 Å². The van der Waals surface area contributed by atoms with Gasteiger partial charge in [-0.05, 0) is 31.2 Å². The van der Waals surface area contributed by atoms with Crippen molar-refractivity contribution in [2.75, 3.05) is 19.8 Å². The molecule has 0 aliphatic rings. The lowest BCUT2D eigenvalue weighted by Gasteiger charge is -2.18. The van der Waals surface area contributed by atoms with Gasteiger partial charge in [0.1, 0.15) is 0 Å². The minimum absolute atomic E-state index is 0.178. The monoisotopic (exact) mass is 280 g/mol. The predicted octanol–water partition coefficient (Wildman–Crippen LogP) is 1.32. The Balaban J connectivity index is 2.87. The molecule has 0 saturated heterocycles. The highest BCUT2D eigenvalue weighted by Crippen LogP contribution is 2.12. The van der Waals surface area contributed by atoms with Crippen LogP contribution in [0.5, 0.6) is 0 Å². The second-order valence-electron chi connectivity index (χ2n) is 4.51. The molecule has 1 aromatic rings. The summed E-state index contributed by atoms with van der Waals surface area (Å²) in [6, 6.07) is 7.83. The van der Waals surface area contributed by atoms with Crippen LogP contribution < -0.4 is 0 Å². The number of nitrogens with zero attached hydrogens (tertiary/aromatic N) is 2. The maximum atomic E-state index is 12.0. The molecule has 0 spiro atoms. The molecular weight excluding hydrogens is 264 g/mol. The highest BCUT2D eigenvalue weighted by atomic mass is 32.2. The van der Waals surface area contributed by atoms with Crippen LogP contribution in [-0.4, -0.2) is 39.1 Å². The quantitative estimate of drug-likeness (QED) is 0.833. The maximum absolute atomic E-state index is 12.0. The molecule has 0 bridgehead atoms. The summed E-state index contributed by atoms with van der Waals surface area (Å²) < 4.78 is 22.6. The molecule has 0 fully saturated rings. The Morgan fingerprint density at radius 3 is 2.32 bits per heavy atom. The normalized spacial score (nSPS) is 12.5. The first-order chi connectivity index (χ1) is 8.75. The Morgan fingerprint density at radius 2 is 1.89 bits per heavy atom. The molecule has 1 unspecified atom stereocenters. The fourth-order valence-corrected chi connectivity index (χ4v) is 2.23. The molecule has 0 radical (unpaired) electrons. The van der Waals surface area contributed by atoms with Gasteiger partial charge in [0.05, 0.1) is 16.9 Å². The number of hydrogen-bond donors (Lipinski definition) is 0. The number of carbonyl (C=O) groups excluding carboxylic acids is 1. The number of benzene rings is 1. The van der Waals surface area contributed by atoms with Crippen molar-refractivity contribution in [3.63, 3.8) is 0 Å². The average Bonchev–Trinajstić information content (AvgIpc) is 2.36. The van der Waals surface area contributed by atoms with Crippen LogP contribution in [0.15, 0.2) is 29.2 Å². The topological polar surface area (TPSA) is 78.2 Å². The molecular formula is C13H16N2O3S. The molecule has 102 valence electrons. The van der Waals surface area contributed by atoms with E-state index in [-0.39, 0.29) is 16.7 Å². The molecule has 1 amide bonds. The molecule has 1 aromatic carbocycles. The summed E-state index contributed by atoms with van der Waals surface area (Å²) in [5.41, 5.74) is 0.403. The lowest BCUT2D eigenvalue weighted by atomic mass is 10.1. The number of sulfone groups is 1. The molecule has 0 aromatic heterocycles. The first kappa shape index (κ1) is 15.2. The van der Waals surface area contributed by atoms with Gasteiger partial charge in [-0.25, -0.2) is 8.42 Å². The minimum atomic E-state index is -3.26. The first-order valence-electron chi connectivity index (χ1n) is 5.71. The summed E-state index contributed by atoms with van der Waals surface area (Å²) in [6.07, 6.45) is 1.12. The summed E-state index contributed by atoms with van der Waals surface area (Å²) >= 11 is 0. The van der Waals surface area contributed by atoms with Crippen molar-refractivity contribution in [2.45, 2.75) is 11.8 Å². The summed E-state index contributed by atoms with van der Waals surface area (Å²) in [5, 5.41) is 8.71. The van der Waals surface area contributed by atoms with Crippen LogP contribution in [-0.2, 0) is 9.84 Å². The second kappa shape index (κ2) is 5.85. The summed E-state index contributed by atoms with van der Waals surface area (Å²) in [6.45, 7) is 2.07. The molecule has 5 nitrogen and oxygen atoms in total. The van der Waals surface area contributed by atoms with E-state index in [9.17, 15) is 13.2 Å². The second-order valence-corrected chi connectivity index (χ2v) is 6.53. The molecule has 6 heteroatoms. The molecule has 0 N–H and O–H groups in total. The fraction of sp³-hybridized carbons (Fsp3) is 0.385. The number of hydrogen-bond acceptors (Lipinski definition) is 4. The van der Waals surface area contributed by atoms with E-state index in [1.165, 1.54) is 29.2 Å². The van der Waals surface area contributed by atoms with Crippen molar-refractivity contribution in [3.05, 3.63) is 29.8 Å². The van der Waals surface area contributed by atoms with Crippen molar-refractivity contribution < 1.29 is 13.2 Å². The molecule has 19 heavy (non-hydrogen) atoms. The largest absolute Gasteiger partial charge is 0.340 e. The molecule has 0 heterocycles. The predicted molar refractivity (Wildman–Crippen MR) is 71.3 cm³/mol. The zero-order valence-corrected chi connectivity index (χ0v) is 11.9. The Labute approximate surface area is 113 Å². The third kappa shape index (κ3) is 4.07. The van der Waals surface area contributed by atoms with Gasteiger partial charge >= 0.3 is 0 Å². The SMILES string of the molecule is CC(C#N)CN(C)C(=O)c1ccc(S(C)(=O)=O)cc1. The molecule has 0 aliphatic heterocycles. The molecule has 1 rings (SSSR count). The van der Waals surface area contributed by atoms with Crippen LogP contribution in [0.2, 0.25) is 0 Å². The number of carbonyl (C=O) groups is 1. The Morgan fingerprint density at radius 1 is 1.37 bits per heavy atom. The third-order valence-corrected chi connectivity index (χ3v) is 3.77. The van der Waals surface area contributed by atoms with Crippen molar-refractivity contribution in [1.29, 1.82) is 5.26 Å². The number of rotatable bonds is 4. The lowest BCUT2D eigenvalue weighted by Crippen LogP contribution is -2.30. The summed E-state index contributed by atoms with van der Waals surface area (Å²) in [4.78, 5) is 13.6. The summed E-state index contributed by atoms with van der Waals surface area (Å²) in [7, 11) is -1.64. The van der Waals surface area contributed by atoms with Crippen LogP contribution in [0, 0.1) is 17.2 Å². The van der Waals surface area contributed by atoms with Crippen molar-refractivity contribution >= 4 is 15.7 Å². The van der Waals surface area contributed by atoms with E-state index in [1.54, 1.807) is 14.0 Å². The van der Waals surface area contributed by atoms with Gasteiger partial charge in [0, 0.05) is 25.4 Å². The lowest BCUT2D eigenvalue weighted by molar-refractivity contribution is 0.0785.